The zero-order valence-electron chi connectivity index (χ0n) is 16.1. The molecule has 0 aromatic heterocycles. The third-order valence-electron chi connectivity index (χ3n) is 4.27. The first-order chi connectivity index (χ1) is 13.8. The van der Waals surface area contributed by atoms with Crippen molar-refractivity contribution in [1.29, 1.82) is 0 Å². The van der Waals surface area contributed by atoms with E-state index in [1.54, 1.807) is 11.8 Å². The van der Waals surface area contributed by atoms with Crippen molar-refractivity contribution in [3.63, 3.8) is 0 Å². The van der Waals surface area contributed by atoms with E-state index >= 15 is 0 Å². The lowest BCUT2D eigenvalue weighted by Gasteiger charge is -2.20. The molecule has 0 aliphatic carbocycles. The van der Waals surface area contributed by atoms with E-state index in [4.69, 9.17) is 0 Å². The van der Waals surface area contributed by atoms with Gasteiger partial charge in [0.05, 0.1) is 24.3 Å². The largest absolute Gasteiger partial charge is 0.418 e. The fourth-order valence-electron chi connectivity index (χ4n) is 2.76. The molecule has 29 heavy (non-hydrogen) atoms. The number of nitrogens with zero attached hydrogens (tertiary/aromatic N) is 1. The molecule has 0 fully saturated rings. The SMILES string of the molecule is CCN(CC(=O)NCCc1ccccc1)CC(=O)Nc1ccccc1C(F)(F)F. The number of amides is 2. The maximum absolute atomic E-state index is 13.0. The fourth-order valence-corrected chi connectivity index (χ4v) is 2.76. The third-order valence-corrected chi connectivity index (χ3v) is 4.27. The molecule has 0 spiro atoms. The van der Waals surface area contributed by atoms with Crippen molar-refractivity contribution in [2.45, 2.75) is 19.5 Å². The lowest BCUT2D eigenvalue weighted by molar-refractivity contribution is -0.137. The molecular weight excluding hydrogens is 383 g/mol. The molecule has 0 bridgehead atoms. The first kappa shape index (κ1) is 22.4. The highest BCUT2D eigenvalue weighted by molar-refractivity contribution is 5.93. The van der Waals surface area contributed by atoms with Gasteiger partial charge in [0, 0.05) is 6.54 Å². The molecule has 0 aliphatic heterocycles. The normalized spacial score (nSPS) is 11.3. The molecule has 0 aliphatic rings. The molecule has 2 N–H and O–H groups in total. The Labute approximate surface area is 167 Å². The van der Waals surface area contributed by atoms with Gasteiger partial charge in [-0.05, 0) is 30.7 Å². The van der Waals surface area contributed by atoms with E-state index in [-0.39, 0.29) is 24.7 Å². The van der Waals surface area contributed by atoms with Crippen LogP contribution in [0.3, 0.4) is 0 Å². The number of alkyl halides is 3. The summed E-state index contributed by atoms with van der Waals surface area (Å²) in [4.78, 5) is 25.8. The van der Waals surface area contributed by atoms with Crippen LogP contribution in [0.5, 0.6) is 0 Å². The van der Waals surface area contributed by atoms with Gasteiger partial charge in [0.1, 0.15) is 0 Å². The summed E-state index contributed by atoms with van der Waals surface area (Å²) in [5, 5.41) is 5.07. The number of likely N-dealkylation sites (N-methyl/N-ethyl adjacent to an activating group) is 1. The topological polar surface area (TPSA) is 61.4 Å². The highest BCUT2D eigenvalue weighted by Gasteiger charge is 2.33. The van der Waals surface area contributed by atoms with Crippen molar-refractivity contribution in [2.24, 2.45) is 0 Å². The molecule has 0 heterocycles. The highest BCUT2D eigenvalue weighted by atomic mass is 19.4. The minimum Gasteiger partial charge on any atom is -0.355 e. The Morgan fingerprint density at radius 2 is 1.55 bits per heavy atom. The van der Waals surface area contributed by atoms with Gasteiger partial charge in [0.2, 0.25) is 11.8 Å². The summed E-state index contributed by atoms with van der Waals surface area (Å²) in [6.45, 7) is 2.44. The first-order valence-electron chi connectivity index (χ1n) is 9.28. The molecule has 0 unspecified atom stereocenters. The van der Waals surface area contributed by atoms with Crippen LogP contribution in [0.25, 0.3) is 0 Å². The van der Waals surface area contributed by atoms with Crippen LogP contribution in [0.4, 0.5) is 18.9 Å². The number of para-hydroxylation sites is 1. The Balaban J connectivity index is 1.83. The Bertz CT molecular complexity index is 810. The number of halogens is 3. The van der Waals surface area contributed by atoms with Crippen LogP contribution in [0, 0.1) is 0 Å². The number of benzene rings is 2. The standard InChI is InChI=1S/C21H24F3N3O2/c1-2-27(14-19(28)25-13-12-16-8-4-3-5-9-16)15-20(29)26-18-11-7-6-10-17(18)21(22,23)24/h3-11H,2,12-15H2,1H3,(H,25,28)(H,26,29). The second-order valence-corrected chi connectivity index (χ2v) is 6.48. The van der Waals surface area contributed by atoms with Gasteiger partial charge in [-0.15, -0.1) is 0 Å². The molecular formula is C21H24F3N3O2. The second-order valence-electron chi connectivity index (χ2n) is 6.48. The van der Waals surface area contributed by atoms with Crippen LogP contribution in [0.1, 0.15) is 18.1 Å². The van der Waals surface area contributed by atoms with E-state index in [2.05, 4.69) is 10.6 Å². The number of carbonyl (C=O) groups is 2. The number of carbonyl (C=O) groups excluding carboxylic acids is 2. The van der Waals surface area contributed by atoms with Crippen molar-refractivity contribution in [2.75, 3.05) is 31.5 Å². The van der Waals surface area contributed by atoms with Crippen LogP contribution in [0.15, 0.2) is 54.6 Å². The maximum Gasteiger partial charge on any atom is 0.418 e. The van der Waals surface area contributed by atoms with E-state index in [9.17, 15) is 22.8 Å². The summed E-state index contributed by atoms with van der Waals surface area (Å²) < 4.78 is 39.1. The first-order valence-corrected chi connectivity index (χ1v) is 9.28. The molecule has 2 aromatic rings. The zero-order valence-corrected chi connectivity index (χ0v) is 16.1. The highest BCUT2D eigenvalue weighted by Crippen LogP contribution is 2.34. The predicted octanol–water partition coefficient (Wildman–Crippen LogP) is 3.32. The van der Waals surface area contributed by atoms with Gasteiger partial charge in [-0.3, -0.25) is 14.5 Å². The Morgan fingerprint density at radius 1 is 0.931 bits per heavy atom. The number of rotatable bonds is 9. The van der Waals surface area contributed by atoms with Crippen LogP contribution in [-0.4, -0.2) is 42.9 Å². The van der Waals surface area contributed by atoms with Crippen LogP contribution >= 0.6 is 0 Å². The minimum absolute atomic E-state index is 0.0143. The Hall–Kier alpha value is -2.87. The van der Waals surface area contributed by atoms with Gasteiger partial charge in [0.15, 0.2) is 0 Å². The van der Waals surface area contributed by atoms with Crippen LogP contribution in [0.2, 0.25) is 0 Å². The molecule has 0 saturated carbocycles. The van der Waals surface area contributed by atoms with E-state index in [0.717, 1.165) is 11.6 Å². The fraction of sp³-hybridized carbons (Fsp3) is 0.333. The van der Waals surface area contributed by atoms with E-state index < -0.39 is 17.6 Å². The predicted molar refractivity (Wildman–Crippen MR) is 105 cm³/mol. The van der Waals surface area contributed by atoms with Crippen molar-refractivity contribution >= 4 is 17.5 Å². The molecule has 2 aromatic carbocycles. The van der Waals surface area contributed by atoms with Crippen LogP contribution < -0.4 is 10.6 Å². The van der Waals surface area contributed by atoms with Gasteiger partial charge in [-0.25, -0.2) is 0 Å². The van der Waals surface area contributed by atoms with E-state index in [0.29, 0.717) is 19.5 Å². The molecule has 156 valence electrons. The van der Waals surface area contributed by atoms with E-state index in [1.165, 1.54) is 18.2 Å². The lowest BCUT2D eigenvalue weighted by atomic mass is 10.1. The van der Waals surface area contributed by atoms with Gasteiger partial charge in [-0.1, -0.05) is 49.4 Å². The van der Waals surface area contributed by atoms with Crippen molar-refractivity contribution < 1.29 is 22.8 Å². The number of hydrogen-bond acceptors (Lipinski definition) is 3. The number of anilines is 1. The Morgan fingerprint density at radius 3 is 2.21 bits per heavy atom. The molecule has 8 heteroatoms. The van der Waals surface area contributed by atoms with Crippen molar-refractivity contribution in [3.05, 3.63) is 65.7 Å². The summed E-state index contributed by atoms with van der Waals surface area (Å²) in [6, 6.07) is 14.5. The molecule has 0 atom stereocenters. The lowest BCUT2D eigenvalue weighted by Crippen LogP contribution is -2.41. The van der Waals surface area contributed by atoms with E-state index in [1.807, 2.05) is 30.3 Å². The van der Waals surface area contributed by atoms with Gasteiger partial charge >= 0.3 is 6.18 Å². The second kappa shape index (κ2) is 10.6. The van der Waals surface area contributed by atoms with Gasteiger partial charge in [-0.2, -0.15) is 13.2 Å². The zero-order chi connectivity index (χ0) is 21.3. The average molecular weight is 407 g/mol. The van der Waals surface area contributed by atoms with Gasteiger partial charge < -0.3 is 10.6 Å². The number of nitrogens with one attached hydrogen (secondary N) is 2. The minimum atomic E-state index is -4.56. The molecule has 2 amide bonds. The summed E-state index contributed by atoms with van der Waals surface area (Å²) in [5.74, 6) is -0.855. The monoisotopic (exact) mass is 407 g/mol. The van der Waals surface area contributed by atoms with Crippen LogP contribution in [-0.2, 0) is 22.2 Å². The molecule has 2 rings (SSSR count). The summed E-state index contributed by atoms with van der Waals surface area (Å²) >= 11 is 0. The van der Waals surface area contributed by atoms with Gasteiger partial charge in [0.25, 0.3) is 0 Å². The maximum atomic E-state index is 13.0. The third kappa shape index (κ3) is 7.57. The van der Waals surface area contributed by atoms with Crippen molar-refractivity contribution in [3.8, 4) is 0 Å². The summed E-state index contributed by atoms with van der Waals surface area (Å²) in [6.07, 6.45) is -3.87. The van der Waals surface area contributed by atoms with Crippen molar-refractivity contribution in [1.82, 2.24) is 10.2 Å². The quantitative estimate of drug-likeness (QED) is 0.670. The smallest absolute Gasteiger partial charge is 0.355 e. The molecule has 0 radical (unpaired) electrons. The average Bonchev–Trinajstić information content (AvgIpc) is 2.68. The molecule has 5 nitrogen and oxygen atoms in total. The molecule has 0 saturated heterocycles. The summed E-state index contributed by atoms with van der Waals surface area (Å²) in [7, 11) is 0. The number of hydrogen-bond donors (Lipinski definition) is 2. The summed E-state index contributed by atoms with van der Waals surface area (Å²) in [5.41, 5.74) is -0.105. The Kier molecular flexibility index (Phi) is 8.21.